The molecule has 2 aromatic rings. The zero-order valence-corrected chi connectivity index (χ0v) is 10.1. The first-order valence-electron chi connectivity index (χ1n) is 3.98. The van der Waals surface area contributed by atoms with E-state index in [1.165, 1.54) is 0 Å². The van der Waals surface area contributed by atoms with Crippen LogP contribution < -0.4 is 0 Å². The number of halogens is 1. The molecule has 1 heterocycles. The van der Waals surface area contributed by atoms with Gasteiger partial charge in [0.15, 0.2) is 0 Å². The fourth-order valence-electron chi connectivity index (χ4n) is 1.37. The van der Waals surface area contributed by atoms with E-state index >= 15 is 0 Å². The maximum Gasteiger partial charge on any atom is 0.125 e. The van der Waals surface area contributed by atoms with Gasteiger partial charge in [0.1, 0.15) is 5.75 Å². The number of nitriles is 1. The minimum atomic E-state index is 0.298. The number of phenolic OH excluding ortho intramolecular Hbond substituents is 1. The quantitative estimate of drug-likeness (QED) is 0.821. The molecular weight excluding hydrogens is 309 g/mol. The van der Waals surface area contributed by atoms with Crippen LogP contribution in [0, 0.1) is 14.9 Å². The Labute approximate surface area is 98.9 Å². The van der Waals surface area contributed by atoms with Crippen LogP contribution in [0.5, 0.6) is 5.75 Å². The zero-order valence-electron chi connectivity index (χ0n) is 7.12. The summed E-state index contributed by atoms with van der Waals surface area (Å²) in [7, 11) is 0. The molecule has 1 aromatic heterocycles. The van der Waals surface area contributed by atoms with Crippen molar-refractivity contribution in [2.45, 2.75) is 6.42 Å². The number of phenols is 1. The van der Waals surface area contributed by atoms with Gasteiger partial charge in [-0.05, 0) is 34.2 Å². The van der Waals surface area contributed by atoms with Crippen LogP contribution in [0.4, 0.5) is 0 Å². The molecular formula is C10H6INOS. The number of benzene rings is 1. The van der Waals surface area contributed by atoms with E-state index in [-0.39, 0.29) is 0 Å². The maximum atomic E-state index is 9.65. The first-order chi connectivity index (χ1) is 6.74. The highest BCUT2D eigenvalue weighted by Gasteiger charge is 2.10. The summed E-state index contributed by atoms with van der Waals surface area (Å²) >= 11 is 3.77. The lowest BCUT2D eigenvalue weighted by Gasteiger charge is -2.00. The topological polar surface area (TPSA) is 44.0 Å². The zero-order chi connectivity index (χ0) is 10.1. The Balaban J connectivity index is 2.78. The monoisotopic (exact) mass is 315 g/mol. The molecule has 0 saturated carbocycles. The van der Waals surface area contributed by atoms with Gasteiger partial charge >= 0.3 is 0 Å². The molecule has 0 spiro atoms. The van der Waals surface area contributed by atoms with Gasteiger partial charge in [-0.3, -0.25) is 0 Å². The van der Waals surface area contributed by atoms with Gasteiger partial charge in [-0.1, -0.05) is 6.07 Å². The van der Waals surface area contributed by atoms with Gasteiger partial charge in [0, 0.05) is 19.0 Å². The largest absolute Gasteiger partial charge is 0.507 e. The molecule has 0 aliphatic rings. The molecule has 1 aromatic carbocycles. The molecule has 70 valence electrons. The second-order valence-electron chi connectivity index (χ2n) is 2.87. The van der Waals surface area contributed by atoms with E-state index in [0.29, 0.717) is 12.2 Å². The van der Waals surface area contributed by atoms with E-state index in [1.54, 1.807) is 17.4 Å². The summed E-state index contributed by atoms with van der Waals surface area (Å²) in [5, 5.41) is 21.2. The average Bonchev–Trinajstić information content (AvgIpc) is 2.54. The van der Waals surface area contributed by atoms with E-state index < -0.39 is 0 Å². The molecule has 0 saturated heterocycles. The van der Waals surface area contributed by atoms with Crippen molar-refractivity contribution in [1.29, 1.82) is 5.26 Å². The highest BCUT2D eigenvalue weighted by molar-refractivity contribution is 14.1. The third kappa shape index (κ3) is 1.47. The first-order valence-corrected chi connectivity index (χ1v) is 5.94. The van der Waals surface area contributed by atoms with Crippen LogP contribution in [0.2, 0.25) is 0 Å². The van der Waals surface area contributed by atoms with Crippen molar-refractivity contribution in [3.05, 3.63) is 26.6 Å². The van der Waals surface area contributed by atoms with E-state index in [9.17, 15) is 5.11 Å². The summed E-state index contributed by atoms with van der Waals surface area (Å²) in [4.78, 5) is 0. The highest BCUT2D eigenvalue weighted by Crippen LogP contribution is 2.36. The van der Waals surface area contributed by atoms with Crippen molar-refractivity contribution in [3.63, 3.8) is 0 Å². The second-order valence-corrected chi connectivity index (χ2v) is 4.91. The Kier molecular flexibility index (Phi) is 2.61. The molecule has 2 rings (SSSR count). The average molecular weight is 315 g/mol. The summed E-state index contributed by atoms with van der Waals surface area (Å²) in [5.41, 5.74) is 0.994. The van der Waals surface area contributed by atoms with Gasteiger partial charge in [-0.25, -0.2) is 0 Å². The molecule has 14 heavy (non-hydrogen) atoms. The van der Waals surface area contributed by atoms with E-state index in [0.717, 1.165) is 19.2 Å². The summed E-state index contributed by atoms with van der Waals surface area (Å²) < 4.78 is 2.07. The van der Waals surface area contributed by atoms with Crippen molar-refractivity contribution >= 4 is 44.0 Å². The van der Waals surface area contributed by atoms with Crippen LogP contribution in [0.1, 0.15) is 5.56 Å². The van der Waals surface area contributed by atoms with Crippen molar-refractivity contribution in [1.82, 2.24) is 0 Å². The van der Waals surface area contributed by atoms with Gasteiger partial charge in [0.2, 0.25) is 0 Å². The number of hydrogen-bond acceptors (Lipinski definition) is 3. The summed E-state index contributed by atoms with van der Waals surface area (Å²) in [6.45, 7) is 0. The first kappa shape index (κ1) is 9.74. The Morgan fingerprint density at radius 2 is 2.29 bits per heavy atom. The van der Waals surface area contributed by atoms with Crippen LogP contribution in [-0.4, -0.2) is 5.11 Å². The molecule has 1 N–H and O–H groups in total. The Bertz CT molecular complexity index is 527. The molecule has 0 amide bonds. The number of nitrogens with zero attached hydrogens (tertiary/aromatic N) is 1. The molecule has 0 unspecified atom stereocenters. The third-order valence-electron chi connectivity index (χ3n) is 2.01. The van der Waals surface area contributed by atoms with Gasteiger partial charge in [0.05, 0.1) is 12.5 Å². The van der Waals surface area contributed by atoms with Gasteiger partial charge in [-0.15, -0.1) is 11.3 Å². The van der Waals surface area contributed by atoms with Crippen molar-refractivity contribution in [2.24, 2.45) is 0 Å². The lowest BCUT2D eigenvalue weighted by atomic mass is 10.1. The Morgan fingerprint density at radius 3 is 3.00 bits per heavy atom. The van der Waals surface area contributed by atoms with Crippen LogP contribution in [-0.2, 0) is 6.42 Å². The fourth-order valence-corrected chi connectivity index (χ4v) is 3.45. The fraction of sp³-hybridized carbons (Fsp3) is 0.100. The smallest absolute Gasteiger partial charge is 0.125 e. The predicted molar refractivity (Wildman–Crippen MR) is 65.5 cm³/mol. The standard InChI is InChI=1S/C10H6INOS/c11-7-5-14-10-6(3-4-12)1-2-8(13)9(7)10/h1-2,5,13H,3H2. The normalized spacial score (nSPS) is 10.3. The molecule has 0 radical (unpaired) electrons. The molecule has 0 bridgehead atoms. The number of rotatable bonds is 1. The van der Waals surface area contributed by atoms with Crippen LogP contribution in [0.3, 0.4) is 0 Å². The lowest BCUT2D eigenvalue weighted by Crippen LogP contribution is -1.81. The molecule has 4 heteroatoms. The third-order valence-corrected chi connectivity index (χ3v) is 4.33. The minimum absolute atomic E-state index is 0.298. The van der Waals surface area contributed by atoms with Gasteiger partial charge in [0.25, 0.3) is 0 Å². The van der Waals surface area contributed by atoms with E-state index in [2.05, 4.69) is 28.7 Å². The summed E-state index contributed by atoms with van der Waals surface area (Å²) in [5.74, 6) is 0.298. The number of fused-ring (bicyclic) bond motifs is 1. The number of thiophene rings is 1. The maximum absolute atomic E-state index is 9.65. The van der Waals surface area contributed by atoms with Crippen molar-refractivity contribution < 1.29 is 5.11 Å². The van der Waals surface area contributed by atoms with Gasteiger partial charge in [-0.2, -0.15) is 5.26 Å². The Morgan fingerprint density at radius 1 is 1.50 bits per heavy atom. The Hall–Kier alpha value is -0.800. The van der Waals surface area contributed by atoms with Crippen LogP contribution in [0.25, 0.3) is 10.1 Å². The molecule has 2 nitrogen and oxygen atoms in total. The summed E-state index contributed by atoms with van der Waals surface area (Å²) in [6.07, 6.45) is 0.396. The molecule has 0 aliphatic carbocycles. The SMILES string of the molecule is N#CCc1ccc(O)c2c(I)csc12. The van der Waals surface area contributed by atoms with Crippen molar-refractivity contribution in [2.75, 3.05) is 0 Å². The van der Waals surface area contributed by atoms with Crippen LogP contribution in [0.15, 0.2) is 17.5 Å². The highest BCUT2D eigenvalue weighted by atomic mass is 127. The van der Waals surface area contributed by atoms with Gasteiger partial charge < -0.3 is 5.11 Å². The van der Waals surface area contributed by atoms with E-state index in [4.69, 9.17) is 5.26 Å². The lowest BCUT2D eigenvalue weighted by molar-refractivity contribution is 0.481. The second kappa shape index (κ2) is 3.75. The van der Waals surface area contributed by atoms with Crippen LogP contribution >= 0.6 is 33.9 Å². The molecule has 0 fully saturated rings. The predicted octanol–water partition coefficient (Wildman–Crippen LogP) is 3.28. The number of aromatic hydroxyl groups is 1. The summed E-state index contributed by atoms with van der Waals surface area (Å²) in [6, 6.07) is 5.60. The van der Waals surface area contributed by atoms with E-state index in [1.807, 2.05) is 11.4 Å². The minimum Gasteiger partial charge on any atom is -0.507 e. The van der Waals surface area contributed by atoms with Crippen molar-refractivity contribution in [3.8, 4) is 11.8 Å². The molecule has 0 atom stereocenters. The molecule has 0 aliphatic heterocycles. The number of hydrogen-bond donors (Lipinski definition) is 1.